The minimum Gasteiger partial charge on any atom is -0.508 e. The van der Waals surface area contributed by atoms with Crippen molar-refractivity contribution in [3.05, 3.63) is 95.1 Å². The molecule has 6 nitrogen and oxygen atoms in total. The second-order valence-corrected chi connectivity index (χ2v) is 7.19. The van der Waals surface area contributed by atoms with E-state index in [9.17, 15) is 30.0 Å². The molecule has 0 aromatic heterocycles. The van der Waals surface area contributed by atoms with Crippen LogP contribution in [0.2, 0.25) is 0 Å². The van der Waals surface area contributed by atoms with Gasteiger partial charge in [0.25, 0.3) is 0 Å². The Kier molecular flexibility index (Phi) is 6.37. The van der Waals surface area contributed by atoms with Gasteiger partial charge in [0.15, 0.2) is 0 Å². The predicted octanol–water partition coefficient (Wildman–Crippen LogP) is 3.92. The lowest BCUT2D eigenvalue weighted by molar-refractivity contribution is -0.139. The molecule has 0 aliphatic carbocycles. The monoisotopic (exact) mass is 406 g/mol. The minimum atomic E-state index is -0.977. The summed E-state index contributed by atoms with van der Waals surface area (Å²) in [5.74, 6) is -3.30. The van der Waals surface area contributed by atoms with Crippen molar-refractivity contribution in [2.45, 2.75) is 24.7 Å². The Hall–Kier alpha value is -3.80. The molecule has 154 valence electrons. The molecular weight excluding hydrogens is 384 g/mol. The van der Waals surface area contributed by atoms with Crippen LogP contribution in [-0.2, 0) is 22.4 Å². The number of hydrogen-bond donors (Lipinski definition) is 4. The first-order valence-electron chi connectivity index (χ1n) is 9.45. The molecule has 0 amide bonds. The molecule has 3 aromatic rings. The number of rotatable bonds is 8. The highest BCUT2D eigenvalue weighted by Gasteiger charge is 2.23. The van der Waals surface area contributed by atoms with Gasteiger partial charge in [0.2, 0.25) is 0 Å². The topological polar surface area (TPSA) is 115 Å². The molecule has 3 aromatic carbocycles. The number of aromatic hydroxyl groups is 2. The van der Waals surface area contributed by atoms with Gasteiger partial charge in [0, 0.05) is 0 Å². The van der Waals surface area contributed by atoms with Crippen LogP contribution < -0.4 is 0 Å². The predicted molar refractivity (Wildman–Crippen MR) is 111 cm³/mol. The molecule has 0 aliphatic rings. The van der Waals surface area contributed by atoms with E-state index in [1.165, 1.54) is 24.3 Å². The Balaban J connectivity index is 1.80. The molecule has 30 heavy (non-hydrogen) atoms. The van der Waals surface area contributed by atoms with E-state index in [0.29, 0.717) is 11.1 Å². The molecular formula is C24H22O6. The first-order chi connectivity index (χ1) is 14.3. The van der Waals surface area contributed by atoms with Gasteiger partial charge >= 0.3 is 11.9 Å². The number of benzene rings is 3. The third-order valence-corrected chi connectivity index (χ3v) is 5.09. The summed E-state index contributed by atoms with van der Waals surface area (Å²) in [6.07, 6.45) is 0.510. The van der Waals surface area contributed by atoms with Gasteiger partial charge in [-0.2, -0.15) is 0 Å². The third-order valence-electron chi connectivity index (χ3n) is 5.09. The molecule has 2 unspecified atom stereocenters. The summed E-state index contributed by atoms with van der Waals surface area (Å²) < 4.78 is 0. The Labute approximate surface area is 173 Å². The lowest BCUT2D eigenvalue weighted by Gasteiger charge is -2.16. The summed E-state index contributed by atoms with van der Waals surface area (Å²) >= 11 is 0. The highest BCUT2D eigenvalue weighted by molar-refractivity contribution is 5.78. The fourth-order valence-electron chi connectivity index (χ4n) is 3.39. The zero-order valence-electron chi connectivity index (χ0n) is 16.1. The van der Waals surface area contributed by atoms with Crippen LogP contribution in [0.25, 0.3) is 0 Å². The van der Waals surface area contributed by atoms with E-state index in [-0.39, 0.29) is 24.3 Å². The van der Waals surface area contributed by atoms with Crippen molar-refractivity contribution in [3.8, 4) is 11.5 Å². The van der Waals surface area contributed by atoms with Gasteiger partial charge in [-0.25, -0.2) is 0 Å². The largest absolute Gasteiger partial charge is 0.508 e. The summed E-state index contributed by atoms with van der Waals surface area (Å²) in [5.41, 5.74) is 2.71. The number of carboxylic acids is 2. The van der Waals surface area contributed by atoms with Crippen molar-refractivity contribution in [1.29, 1.82) is 0 Å². The molecule has 6 heteroatoms. The summed E-state index contributed by atoms with van der Waals surface area (Å²) in [6, 6.07) is 19.4. The molecule has 0 fully saturated rings. The smallest absolute Gasteiger partial charge is 0.311 e. The van der Waals surface area contributed by atoms with Crippen molar-refractivity contribution in [2.24, 2.45) is 0 Å². The zero-order valence-corrected chi connectivity index (χ0v) is 16.1. The maximum Gasteiger partial charge on any atom is 0.311 e. The maximum absolute atomic E-state index is 11.8. The third kappa shape index (κ3) is 5.17. The first-order valence-corrected chi connectivity index (χ1v) is 9.45. The molecule has 4 N–H and O–H groups in total. The van der Waals surface area contributed by atoms with Crippen LogP contribution in [0.1, 0.15) is 34.1 Å². The first kappa shape index (κ1) is 20.9. The average molecular weight is 406 g/mol. The van der Waals surface area contributed by atoms with Crippen LogP contribution in [0.5, 0.6) is 11.5 Å². The number of aliphatic carboxylic acids is 2. The fraction of sp³-hybridized carbons (Fsp3) is 0.167. The molecule has 0 spiro atoms. The van der Waals surface area contributed by atoms with Gasteiger partial charge < -0.3 is 20.4 Å². The van der Waals surface area contributed by atoms with E-state index in [1.54, 1.807) is 48.5 Å². The van der Waals surface area contributed by atoms with Gasteiger partial charge in [-0.3, -0.25) is 9.59 Å². The van der Waals surface area contributed by atoms with Crippen LogP contribution >= 0.6 is 0 Å². The van der Waals surface area contributed by atoms with Crippen molar-refractivity contribution in [2.75, 3.05) is 0 Å². The zero-order chi connectivity index (χ0) is 21.7. The summed E-state index contributed by atoms with van der Waals surface area (Å²) in [5, 5.41) is 38.1. The summed E-state index contributed by atoms with van der Waals surface area (Å²) in [7, 11) is 0. The van der Waals surface area contributed by atoms with Crippen molar-refractivity contribution < 1.29 is 30.0 Å². The molecule has 0 heterocycles. The van der Waals surface area contributed by atoms with Crippen LogP contribution in [0.3, 0.4) is 0 Å². The second kappa shape index (κ2) is 9.13. The van der Waals surface area contributed by atoms with E-state index in [2.05, 4.69) is 0 Å². The van der Waals surface area contributed by atoms with Gasteiger partial charge in [0.1, 0.15) is 11.5 Å². The summed E-state index contributed by atoms with van der Waals surface area (Å²) in [4.78, 5) is 23.6. The van der Waals surface area contributed by atoms with E-state index >= 15 is 0 Å². The van der Waals surface area contributed by atoms with Crippen LogP contribution in [0.15, 0.2) is 72.8 Å². The molecule has 2 atom stereocenters. The van der Waals surface area contributed by atoms with E-state index in [4.69, 9.17) is 0 Å². The highest BCUT2D eigenvalue weighted by atomic mass is 16.4. The number of carbonyl (C=O) groups is 2. The van der Waals surface area contributed by atoms with Crippen molar-refractivity contribution >= 4 is 11.9 Å². The van der Waals surface area contributed by atoms with Gasteiger partial charge in [-0.15, -0.1) is 0 Å². The lowest BCUT2D eigenvalue weighted by Crippen LogP contribution is -2.16. The quantitative estimate of drug-likeness (QED) is 0.451. The molecule has 0 saturated carbocycles. The molecule has 0 saturated heterocycles. The highest BCUT2D eigenvalue weighted by Crippen LogP contribution is 2.27. The fourth-order valence-corrected chi connectivity index (χ4v) is 3.39. The normalized spacial score (nSPS) is 12.8. The number of phenolic OH excluding ortho intramolecular Hbond substituents is 2. The van der Waals surface area contributed by atoms with Gasteiger partial charge in [-0.1, -0.05) is 48.5 Å². The van der Waals surface area contributed by atoms with E-state index in [1.807, 2.05) is 0 Å². The molecule has 0 aliphatic heterocycles. The van der Waals surface area contributed by atoms with Crippen molar-refractivity contribution in [3.63, 3.8) is 0 Å². The Bertz CT molecular complexity index is 923. The Morgan fingerprint density at radius 2 is 0.867 bits per heavy atom. The molecule has 0 radical (unpaired) electrons. The lowest BCUT2D eigenvalue weighted by atomic mass is 9.88. The van der Waals surface area contributed by atoms with Gasteiger partial charge in [-0.05, 0) is 59.4 Å². The SMILES string of the molecule is O=C(O)C(Cc1ccc(O)cc1)c1ccc(C(Cc2ccc(O)cc2)C(=O)O)cc1. The molecule has 3 rings (SSSR count). The van der Waals surface area contributed by atoms with E-state index < -0.39 is 23.8 Å². The maximum atomic E-state index is 11.8. The van der Waals surface area contributed by atoms with Crippen LogP contribution in [-0.4, -0.2) is 32.4 Å². The van der Waals surface area contributed by atoms with Gasteiger partial charge in [0.05, 0.1) is 11.8 Å². The van der Waals surface area contributed by atoms with Crippen LogP contribution in [0, 0.1) is 0 Å². The Morgan fingerprint density at radius 3 is 1.13 bits per heavy atom. The number of hydrogen-bond acceptors (Lipinski definition) is 4. The number of phenols is 2. The standard InChI is InChI=1S/C24H22O6/c25-19-9-1-15(2-10-19)13-21(23(27)28)17-5-7-18(8-6-17)22(24(29)30)14-16-3-11-20(26)12-4-16/h1-12,21-22,25-26H,13-14H2,(H,27,28)(H,29,30). The second-order valence-electron chi connectivity index (χ2n) is 7.19. The average Bonchev–Trinajstić information content (AvgIpc) is 2.73. The van der Waals surface area contributed by atoms with Crippen LogP contribution in [0.4, 0.5) is 0 Å². The van der Waals surface area contributed by atoms with Crippen molar-refractivity contribution in [1.82, 2.24) is 0 Å². The van der Waals surface area contributed by atoms with E-state index in [0.717, 1.165) is 11.1 Å². The minimum absolute atomic E-state index is 0.114. The summed E-state index contributed by atoms with van der Waals surface area (Å²) in [6.45, 7) is 0. The Morgan fingerprint density at radius 1 is 0.567 bits per heavy atom. The number of carboxylic acid groups (broad SMARTS) is 2. The molecule has 0 bridgehead atoms.